The highest BCUT2D eigenvalue weighted by Crippen LogP contribution is 2.41. The first kappa shape index (κ1) is 23.4. The van der Waals surface area contributed by atoms with Crippen molar-refractivity contribution < 1.29 is 18.7 Å². The van der Waals surface area contributed by atoms with Gasteiger partial charge in [-0.1, -0.05) is 61.2 Å². The number of para-hydroxylation sites is 1. The number of amides is 1. The highest BCUT2D eigenvalue weighted by atomic mass is 16.5. The maximum absolute atomic E-state index is 13.7. The molecule has 0 saturated carbocycles. The van der Waals surface area contributed by atoms with Crippen LogP contribution in [-0.4, -0.2) is 30.6 Å². The van der Waals surface area contributed by atoms with Crippen LogP contribution in [0.25, 0.3) is 11.0 Å². The number of fused-ring (bicyclic) bond motifs is 2. The SMILES string of the molecule is C=CCOc1ccc(C2c3c(oc4ccccc4c3=O)C(=O)N2CCc2ccccc2)cc1OCC. The van der Waals surface area contributed by atoms with E-state index in [4.69, 9.17) is 13.9 Å². The first-order chi connectivity index (χ1) is 17.6. The third-order valence-electron chi connectivity index (χ3n) is 6.30. The summed E-state index contributed by atoms with van der Waals surface area (Å²) in [6.07, 6.45) is 2.31. The first-order valence-corrected chi connectivity index (χ1v) is 12.0. The maximum Gasteiger partial charge on any atom is 0.290 e. The van der Waals surface area contributed by atoms with Crippen LogP contribution >= 0.6 is 0 Å². The summed E-state index contributed by atoms with van der Waals surface area (Å²) >= 11 is 0. The van der Waals surface area contributed by atoms with Crippen LogP contribution in [0.4, 0.5) is 0 Å². The minimum Gasteiger partial charge on any atom is -0.490 e. The number of benzene rings is 3. The molecule has 1 aromatic heterocycles. The van der Waals surface area contributed by atoms with Gasteiger partial charge >= 0.3 is 0 Å². The average molecular weight is 482 g/mol. The Hall–Kier alpha value is -4.32. The number of hydrogen-bond acceptors (Lipinski definition) is 5. The van der Waals surface area contributed by atoms with Gasteiger partial charge in [0.05, 0.1) is 23.6 Å². The number of hydrogen-bond donors (Lipinski definition) is 0. The predicted octanol–water partition coefficient (Wildman–Crippen LogP) is 5.54. The third-order valence-corrected chi connectivity index (χ3v) is 6.30. The molecule has 182 valence electrons. The molecule has 1 aliphatic heterocycles. The van der Waals surface area contributed by atoms with E-state index in [0.717, 1.165) is 11.1 Å². The summed E-state index contributed by atoms with van der Waals surface area (Å²) < 4.78 is 17.6. The Balaban J connectivity index is 1.63. The second-order valence-electron chi connectivity index (χ2n) is 8.55. The minimum atomic E-state index is -0.607. The number of nitrogens with zero attached hydrogens (tertiary/aromatic N) is 1. The number of ether oxygens (including phenoxy) is 2. The Kier molecular flexibility index (Phi) is 6.58. The number of carbonyl (C=O) groups excluding carboxylic acids is 1. The monoisotopic (exact) mass is 481 g/mol. The summed E-state index contributed by atoms with van der Waals surface area (Å²) in [6, 6.07) is 21.9. The lowest BCUT2D eigenvalue weighted by Gasteiger charge is -2.26. The molecule has 0 N–H and O–H groups in total. The van der Waals surface area contributed by atoms with E-state index >= 15 is 0 Å². The van der Waals surface area contributed by atoms with Crippen LogP contribution in [0.2, 0.25) is 0 Å². The molecular weight excluding hydrogens is 454 g/mol. The minimum absolute atomic E-state index is 0.0988. The van der Waals surface area contributed by atoms with Gasteiger partial charge in [-0.3, -0.25) is 9.59 Å². The lowest BCUT2D eigenvalue weighted by molar-refractivity contribution is 0.0729. The third kappa shape index (κ3) is 4.26. The van der Waals surface area contributed by atoms with E-state index in [1.54, 1.807) is 35.2 Å². The molecule has 0 aliphatic carbocycles. The average Bonchev–Trinajstić information content (AvgIpc) is 3.19. The summed E-state index contributed by atoms with van der Waals surface area (Å²) in [7, 11) is 0. The molecule has 2 heterocycles. The van der Waals surface area contributed by atoms with E-state index in [2.05, 4.69) is 6.58 Å². The van der Waals surface area contributed by atoms with Gasteiger partial charge in [0.15, 0.2) is 16.9 Å². The van der Waals surface area contributed by atoms with Crippen LogP contribution < -0.4 is 14.9 Å². The topological polar surface area (TPSA) is 69.0 Å². The second kappa shape index (κ2) is 10.1. The molecule has 1 aliphatic rings. The van der Waals surface area contributed by atoms with Gasteiger partial charge in [-0.05, 0) is 48.7 Å². The molecule has 0 spiro atoms. The second-order valence-corrected chi connectivity index (χ2v) is 8.55. The summed E-state index contributed by atoms with van der Waals surface area (Å²) in [5.41, 5.74) is 2.42. The summed E-state index contributed by atoms with van der Waals surface area (Å²) in [5, 5.41) is 0.454. The van der Waals surface area contributed by atoms with Crippen LogP contribution in [0.3, 0.4) is 0 Å². The highest BCUT2D eigenvalue weighted by molar-refractivity contribution is 5.99. The van der Waals surface area contributed by atoms with Gasteiger partial charge in [0, 0.05) is 6.54 Å². The molecular formula is C30H27NO5. The number of carbonyl (C=O) groups is 1. The Morgan fingerprint density at radius 1 is 0.972 bits per heavy atom. The van der Waals surface area contributed by atoms with Crippen molar-refractivity contribution in [2.24, 2.45) is 0 Å². The van der Waals surface area contributed by atoms with Gasteiger partial charge in [0.25, 0.3) is 5.91 Å². The van der Waals surface area contributed by atoms with Crippen molar-refractivity contribution in [2.75, 3.05) is 19.8 Å². The highest BCUT2D eigenvalue weighted by Gasteiger charge is 2.42. The molecule has 1 amide bonds. The van der Waals surface area contributed by atoms with Gasteiger partial charge in [0.2, 0.25) is 5.76 Å². The fourth-order valence-electron chi connectivity index (χ4n) is 4.67. The van der Waals surface area contributed by atoms with Gasteiger partial charge in [-0.25, -0.2) is 0 Å². The van der Waals surface area contributed by atoms with E-state index in [1.807, 2.05) is 55.5 Å². The van der Waals surface area contributed by atoms with Crippen molar-refractivity contribution in [3.8, 4) is 11.5 Å². The standard InChI is InChI=1S/C30H27NO5/c1-3-18-35-24-15-14-21(19-25(24)34-4-2)27-26-28(32)22-12-8-9-13-23(22)36-29(26)30(33)31(27)17-16-20-10-6-5-7-11-20/h3,5-15,19,27H,1,4,16-18H2,2H3. The van der Waals surface area contributed by atoms with Crippen molar-refractivity contribution in [1.82, 2.24) is 4.90 Å². The molecule has 6 heteroatoms. The van der Waals surface area contributed by atoms with Crippen LogP contribution in [0.15, 0.2) is 94.7 Å². The predicted molar refractivity (Wildman–Crippen MR) is 139 cm³/mol. The fraction of sp³-hybridized carbons (Fsp3) is 0.200. The molecule has 0 radical (unpaired) electrons. The van der Waals surface area contributed by atoms with Crippen LogP contribution in [-0.2, 0) is 6.42 Å². The Bertz CT molecular complexity index is 1470. The van der Waals surface area contributed by atoms with E-state index in [9.17, 15) is 9.59 Å². The molecule has 1 unspecified atom stereocenters. The molecule has 4 aromatic rings. The van der Waals surface area contributed by atoms with E-state index < -0.39 is 6.04 Å². The normalized spacial score (nSPS) is 14.6. The Morgan fingerprint density at radius 2 is 1.75 bits per heavy atom. The first-order valence-electron chi connectivity index (χ1n) is 12.0. The van der Waals surface area contributed by atoms with Gasteiger partial charge in [-0.2, -0.15) is 0 Å². The van der Waals surface area contributed by atoms with Crippen molar-refractivity contribution in [1.29, 1.82) is 0 Å². The molecule has 36 heavy (non-hydrogen) atoms. The quantitative estimate of drug-likeness (QED) is 0.294. The van der Waals surface area contributed by atoms with Crippen LogP contribution in [0, 0.1) is 0 Å². The molecule has 0 fully saturated rings. The van der Waals surface area contributed by atoms with Gasteiger partial charge in [0.1, 0.15) is 12.2 Å². The Labute approximate surface area is 209 Å². The summed E-state index contributed by atoms with van der Waals surface area (Å²) in [4.78, 5) is 29.0. The molecule has 6 nitrogen and oxygen atoms in total. The zero-order valence-corrected chi connectivity index (χ0v) is 20.1. The van der Waals surface area contributed by atoms with Crippen molar-refractivity contribution in [2.45, 2.75) is 19.4 Å². The lowest BCUT2D eigenvalue weighted by atomic mass is 9.97. The smallest absolute Gasteiger partial charge is 0.290 e. The summed E-state index contributed by atoms with van der Waals surface area (Å²) in [6.45, 7) is 6.80. The Morgan fingerprint density at radius 3 is 2.53 bits per heavy atom. The summed E-state index contributed by atoms with van der Waals surface area (Å²) in [5.74, 6) is 0.929. The molecule has 3 aromatic carbocycles. The molecule has 5 rings (SSSR count). The van der Waals surface area contributed by atoms with Crippen molar-refractivity contribution >= 4 is 16.9 Å². The van der Waals surface area contributed by atoms with Gasteiger partial charge in [-0.15, -0.1) is 0 Å². The van der Waals surface area contributed by atoms with E-state index in [-0.39, 0.29) is 17.1 Å². The van der Waals surface area contributed by atoms with Gasteiger partial charge < -0.3 is 18.8 Å². The largest absolute Gasteiger partial charge is 0.490 e. The van der Waals surface area contributed by atoms with E-state index in [0.29, 0.717) is 54.2 Å². The van der Waals surface area contributed by atoms with Crippen molar-refractivity contribution in [3.05, 3.63) is 118 Å². The lowest BCUT2D eigenvalue weighted by Crippen LogP contribution is -2.31. The molecule has 0 saturated heterocycles. The maximum atomic E-state index is 13.7. The van der Waals surface area contributed by atoms with E-state index in [1.165, 1.54) is 0 Å². The molecule has 1 atom stereocenters. The zero-order chi connectivity index (χ0) is 25.1. The molecule has 0 bridgehead atoms. The number of rotatable bonds is 9. The van der Waals surface area contributed by atoms with Crippen LogP contribution in [0.1, 0.15) is 40.2 Å². The zero-order valence-electron chi connectivity index (χ0n) is 20.1. The van der Waals surface area contributed by atoms with Crippen LogP contribution in [0.5, 0.6) is 11.5 Å². The fourth-order valence-corrected chi connectivity index (χ4v) is 4.67. The van der Waals surface area contributed by atoms with Crippen molar-refractivity contribution in [3.63, 3.8) is 0 Å².